The van der Waals surface area contributed by atoms with E-state index in [1.165, 1.54) is 5.57 Å². The highest BCUT2D eigenvalue weighted by Crippen LogP contribution is 2.51. The Balaban J connectivity index is 1.78. The van der Waals surface area contributed by atoms with Gasteiger partial charge in [-0.2, -0.15) is 0 Å². The zero-order chi connectivity index (χ0) is 25.0. The summed E-state index contributed by atoms with van der Waals surface area (Å²) in [4.78, 5) is 27.2. The molecule has 4 aliphatic rings. The molecule has 0 aromatic carbocycles. The largest absolute Gasteiger partial charge is 0.447 e. The first-order valence-corrected chi connectivity index (χ1v) is 12.8. The van der Waals surface area contributed by atoms with Gasteiger partial charge in [-0.25, -0.2) is 0 Å². The van der Waals surface area contributed by atoms with E-state index in [1.807, 2.05) is 6.92 Å². The molecule has 1 aliphatic carbocycles. The number of amides is 1. The lowest BCUT2D eigenvalue weighted by Gasteiger charge is -2.45. The molecule has 3 heterocycles. The Hall–Kier alpha value is -1.70. The molecular weight excluding hydrogens is 434 g/mol. The van der Waals surface area contributed by atoms with Gasteiger partial charge in [-0.15, -0.1) is 0 Å². The molecule has 0 aromatic rings. The van der Waals surface area contributed by atoms with E-state index in [-0.39, 0.29) is 36.1 Å². The molecule has 7 heteroatoms. The molecule has 2 saturated heterocycles. The standard InChI is InChI=1S/C27H41NO6/c1-14(2)10-19-23-17(5)16(4)12-18-11-15(3)8-9-20(29)24-21(32-26(6,7)34-24)13-22(30)33-27(18,23)25(31)28-19/h11-12,14,17-21,23-24,29H,8-10,13H2,1-7H3,(H,28,31)/b15-11-/t17-,18-,19-,20-,21+,23+,24+,27+/m0/s1. The molecule has 0 aromatic heterocycles. The normalized spacial score (nSPS) is 43.9. The molecular formula is C27H41NO6. The van der Waals surface area contributed by atoms with Gasteiger partial charge in [0.25, 0.3) is 5.91 Å². The highest BCUT2D eigenvalue weighted by molar-refractivity contribution is 5.92. The van der Waals surface area contributed by atoms with Crippen LogP contribution in [0, 0.1) is 23.7 Å². The Morgan fingerprint density at radius 3 is 2.56 bits per heavy atom. The summed E-state index contributed by atoms with van der Waals surface area (Å²) in [7, 11) is 0. The van der Waals surface area contributed by atoms with E-state index >= 15 is 0 Å². The molecule has 1 spiro atoms. The van der Waals surface area contributed by atoms with Crippen LogP contribution in [0.15, 0.2) is 23.3 Å². The minimum absolute atomic E-state index is 0.0670. The maximum atomic E-state index is 13.7. The number of ether oxygens (including phenoxy) is 3. The summed E-state index contributed by atoms with van der Waals surface area (Å²) < 4.78 is 18.3. The van der Waals surface area contributed by atoms with Crippen molar-refractivity contribution >= 4 is 11.9 Å². The lowest BCUT2D eigenvalue weighted by Crippen LogP contribution is -2.56. The van der Waals surface area contributed by atoms with Gasteiger partial charge < -0.3 is 24.6 Å². The van der Waals surface area contributed by atoms with Crippen LogP contribution in [0.25, 0.3) is 0 Å². The second-order valence-electron chi connectivity index (χ2n) is 11.7. The quantitative estimate of drug-likeness (QED) is 0.468. The molecule has 34 heavy (non-hydrogen) atoms. The molecule has 0 bridgehead atoms. The van der Waals surface area contributed by atoms with E-state index in [9.17, 15) is 14.7 Å². The molecule has 190 valence electrons. The molecule has 0 radical (unpaired) electrons. The highest BCUT2D eigenvalue weighted by Gasteiger charge is 2.64. The zero-order valence-corrected chi connectivity index (χ0v) is 21.6. The first-order valence-electron chi connectivity index (χ1n) is 12.8. The van der Waals surface area contributed by atoms with Crippen LogP contribution >= 0.6 is 0 Å². The predicted octanol–water partition coefficient (Wildman–Crippen LogP) is 3.65. The summed E-state index contributed by atoms with van der Waals surface area (Å²) in [5.74, 6) is -1.65. The number of rotatable bonds is 2. The molecule has 8 atom stereocenters. The molecule has 3 aliphatic heterocycles. The minimum Gasteiger partial charge on any atom is -0.447 e. The first-order chi connectivity index (χ1) is 15.8. The van der Waals surface area contributed by atoms with Gasteiger partial charge in [-0.05, 0) is 58.8 Å². The summed E-state index contributed by atoms with van der Waals surface area (Å²) in [5, 5.41) is 14.1. The third kappa shape index (κ3) is 4.47. The number of fused-ring (bicyclic) bond motifs is 1. The fourth-order valence-corrected chi connectivity index (χ4v) is 6.50. The van der Waals surface area contributed by atoms with Crippen molar-refractivity contribution in [1.29, 1.82) is 0 Å². The lowest BCUT2D eigenvalue weighted by atomic mass is 9.63. The summed E-state index contributed by atoms with van der Waals surface area (Å²) in [5.41, 5.74) is 0.962. The van der Waals surface area contributed by atoms with Crippen LogP contribution in [0.4, 0.5) is 0 Å². The van der Waals surface area contributed by atoms with E-state index in [0.717, 1.165) is 12.0 Å². The van der Waals surface area contributed by atoms with Crippen molar-refractivity contribution in [2.24, 2.45) is 23.7 Å². The summed E-state index contributed by atoms with van der Waals surface area (Å²) >= 11 is 0. The Morgan fingerprint density at radius 1 is 1.18 bits per heavy atom. The second-order valence-corrected chi connectivity index (χ2v) is 11.7. The second kappa shape index (κ2) is 9.07. The van der Waals surface area contributed by atoms with E-state index in [2.05, 4.69) is 45.2 Å². The number of carbonyl (C=O) groups is 2. The van der Waals surface area contributed by atoms with Crippen LogP contribution in [-0.2, 0) is 23.8 Å². The Labute approximate surface area is 203 Å². The average Bonchev–Trinajstić information content (AvgIpc) is 3.16. The Kier molecular flexibility index (Phi) is 6.77. The number of nitrogens with one attached hydrogen (secondary N) is 1. The number of carbonyl (C=O) groups excluding carboxylic acids is 2. The number of aliphatic hydroxyl groups is 1. The molecule has 7 nitrogen and oxygen atoms in total. The van der Waals surface area contributed by atoms with Gasteiger partial charge in [-0.1, -0.05) is 44.1 Å². The molecule has 0 unspecified atom stereocenters. The van der Waals surface area contributed by atoms with Crippen molar-refractivity contribution in [3.8, 4) is 0 Å². The smallest absolute Gasteiger partial charge is 0.309 e. The van der Waals surface area contributed by atoms with Gasteiger partial charge in [0.05, 0.1) is 12.5 Å². The average molecular weight is 476 g/mol. The van der Waals surface area contributed by atoms with Gasteiger partial charge in [0.1, 0.15) is 12.2 Å². The van der Waals surface area contributed by atoms with E-state index in [4.69, 9.17) is 14.2 Å². The van der Waals surface area contributed by atoms with Crippen molar-refractivity contribution in [2.45, 2.75) is 110 Å². The maximum absolute atomic E-state index is 13.7. The van der Waals surface area contributed by atoms with Crippen LogP contribution in [0.2, 0.25) is 0 Å². The van der Waals surface area contributed by atoms with Crippen LogP contribution in [0.5, 0.6) is 0 Å². The van der Waals surface area contributed by atoms with Crippen molar-refractivity contribution in [1.82, 2.24) is 5.32 Å². The highest BCUT2D eigenvalue weighted by atomic mass is 16.8. The third-order valence-corrected chi connectivity index (χ3v) is 8.07. The Bertz CT molecular complexity index is 892. The molecule has 4 rings (SSSR count). The molecule has 2 fully saturated rings. The van der Waals surface area contributed by atoms with Crippen LogP contribution in [0.3, 0.4) is 0 Å². The van der Waals surface area contributed by atoms with Crippen LogP contribution in [-0.4, -0.2) is 52.7 Å². The first kappa shape index (κ1) is 25.4. The van der Waals surface area contributed by atoms with E-state index in [1.54, 1.807) is 13.8 Å². The predicted molar refractivity (Wildman–Crippen MR) is 128 cm³/mol. The number of esters is 1. The lowest BCUT2D eigenvalue weighted by molar-refractivity contribution is -0.180. The van der Waals surface area contributed by atoms with Gasteiger partial charge in [-0.3, -0.25) is 9.59 Å². The van der Waals surface area contributed by atoms with Crippen molar-refractivity contribution in [3.63, 3.8) is 0 Å². The monoisotopic (exact) mass is 475 g/mol. The number of aliphatic hydroxyl groups excluding tert-OH is 1. The zero-order valence-electron chi connectivity index (χ0n) is 21.6. The van der Waals surface area contributed by atoms with Gasteiger partial charge in [0, 0.05) is 17.9 Å². The number of hydrogen-bond donors (Lipinski definition) is 2. The van der Waals surface area contributed by atoms with Gasteiger partial charge >= 0.3 is 5.97 Å². The number of hydrogen-bond acceptors (Lipinski definition) is 6. The molecule has 0 saturated carbocycles. The SMILES string of the molecule is CC1=C[C@@H]2/C=C(/C)CC[C@H](O)[C@H]3OC(C)(C)O[C@@H]3CC(=O)O[C@]23C(=O)N[C@@H](CC(C)C)[C@H]3[C@H]1C. The van der Waals surface area contributed by atoms with E-state index < -0.39 is 35.7 Å². The van der Waals surface area contributed by atoms with Gasteiger partial charge in [0.15, 0.2) is 5.79 Å². The van der Waals surface area contributed by atoms with Crippen LogP contribution in [0.1, 0.15) is 74.1 Å². The summed E-state index contributed by atoms with van der Waals surface area (Å²) in [6.07, 6.45) is 4.02. The maximum Gasteiger partial charge on any atom is 0.309 e. The molecule has 2 N–H and O–H groups in total. The van der Waals surface area contributed by atoms with Crippen molar-refractivity contribution in [2.75, 3.05) is 0 Å². The number of allylic oxidation sites excluding steroid dienone is 2. The van der Waals surface area contributed by atoms with E-state index in [0.29, 0.717) is 18.8 Å². The van der Waals surface area contributed by atoms with Crippen molar-refractivity contribution in [3.05, 3.63) is 23.3 Å². The fraction of sp³-hybridized carbons (Fsp3) is 0.778. The molecule has 1 amide bonds. The summed E-state index contributed by atoms with van der Waals surface area (Å²) in [6.45, 7) is 14.1. The Morgan fingerprint density at radius 2 is 1.88 bits per heavy atom. The third-order valence-electron chi connectivity index (χ3n) is 8.07. The van der Waals surface area contributed by atoms with Gasteiger partial charge in [0.2, 0.25) is 5.60 Å². The van der Waals surface area contributed by atoms with Crippen molar-refractivity contribution < 1.29 is 28.9 Å². The topological polar surface area (TPSA) is 94.1 Å². The van der Waals surface area contributed by atoms with Crippen LogP contribution < -0.4 is 5.32 Å². The summed E-state index contributed by atoms with van der Waals surface area (Å²) in [6, 6.07) is -0.0670. The fourth-order valence-electron chi connectivity index (χ4n) is 6.50. The minimum atomic E-state index is -1.29.